The van der Waals surface area contributed by atoms with Crippen molar-refractivity contribution in [3.63, 3.8) is 0 Å². The highest BCUT2D eigenvalue weighted by molar-refractivity contribution is 5.98. The summed E-state index contributed by atoms with van der Waals surface area (Å²) in [5.41, 5.74) is 0.986. The molecule has 2 heteroatoms. The molecule has 0 fully saturated rings. The third-order valence-electron chi connectivity index (χ3n) is 3.14. The first kappa shape index (κ1) is 16.7. The molecule has 1 atom stereocenters. The standard InChI is InChI=1S/C18H28O2/c1-6-11-20-17-10-8-7-9-15(17)16(19)12-14(2)13-18(3,4)5/h7-10,14H,6,11-13H2,1-5H3. The second kappa shape index (κ2) is 7.47. The summed E-state index contributed by atoms with van der Waals surface area (Å²) < 4.78 is 5.67. The second-order valence-corrected chi connectivity index (χ2v) is 6.84. The lowest BCUT2D eigenvalue weighted by Gasteiger charge is -2.23. The van der Waals surface area contributed by atoms with E-state index in [1.54, 1.807) is 0 Å². The molecule has 0 saturated carbocycles. The first-order chi connectivity index (χ1) is 9.33. The van der Waals surface area contributed by atoms with E-state index in [1.807, 2.05) is 24.3 Å². The van der Waals surface area contributed by atoms with Crippen molar-refractivity contribution in [2.75, 3.05) is 6.61 Å². The summed E-state index contributed by atoms with van der Waals surface area (Å²) in [6, 6.07) is 7.58. The van der Waals surface area contributed by atoms with Crippen LogP contribution in [0.25, 0.3) is 0 Å². The van der Waals surface area contributed by atoms with Gasteiger partial charge in [0, 0.05) is 6.42 Å². The molecule has 0 bridgehead atoms. The van der Waals surface area contributed by atoms with E-state index in [0.717, 1.165) is 24.2 Å². The van der Waals surface area contributed by atoms with E-state index < -0.39 is 0 Å². The summed E-state index contributed by atoms with van der Waals surface area (Å²) in [5.74, 6) is 1.30. The van der Waals surface area contributed by atoms with Crippen molar-refractivity contribution >= 4 is 5.78 Å². The molecule has 112 valence electrons. The number of carbonyl (C=O) groups is 1. The first-order valence-electron chi connectivity index (χ1n) is 7.58. The van der Waals surface area contributed by atoms with E-state index in [4.69, 9.17) is 4.74 Å². The molecule has 20 heavy (non-hydrogen) atoms. The maximum absolute atomic E-state index is 12.4. The number of para-hydroxylation sites is 1. The smallest absolute Gasteiger partial charge is 0.166 e. The molecule has 0 N–H and O–H groups in total. The Kier molecular flexibility index (Phi) is 6.25. The lowest BCUT2D eigenvalue weighted by Crippen LogP contribution is -2.15. The third-order valence-corrected chi connectivity index (χ3v) is 3.14. The van der Waals surface area contributed by atoms with E-state index in [-0.39, 0.29) is 11.2 Å². The van der Waals surface area contributed by atoms with Gasteiger partial charge in [-0.15, -0.1) is 0 Å². The number of hydrogen-bond acceptors (Lipinski definition) is 2. The van der Waals surface area contributed by atoms with E-state index in [0.29, 0.717) is 18.9 Å². The number of Topliss-reactive ketones (excluding diaryl/α,β-unsaturated/α-hetero) is 1. The normalized spacial score (nSPS) is 13.1. The third kappa shape index (κ3) is 5.77. The molecule has 0 amide bonds. The number of ketones is 1. The number of carbonyl (C=O) groups excluding carboxylic acids is 1. The van der Waals surface area contributed by atoms with E-state index >= 15 is 0 Å². The minimum absolute atomic E-state index is 0.188. The van der Waals surface area contributed by atoms with E-state index in [2.05, 4.69) is 34.6 Å². The van der Waals surface area contributed by atoms with E-state index in [9.17, 15) is 4.79 Å². The zero-order valence-corrected chi connectivity index (χ0v) is 13.5. The molecule has 1 aromatic carbocycles. The number of ether oxygens (including phenoxy) is 1. The Hall–Kier alpha value is -1.31. The molecule has 1 aromatic rings. The zero-order chi connectivity index (χ0) is 15.2. The quantitative estimate of drug-likeness (QED) is 0.646. The molecular formula is C18H28O2. The van der Waals surface area contributed by atoms with Crippen molar-refractivity contribution in [2.45, 2.75) is 53.9 Å². The predicted octanol–water partition coefficient (Wildman–Crippen LogP) is 5.12. The Morgan fingerprint density at radius 2 is 1.90 bits per heavy atom. The SMILES string of the molecule is CCCOc1ccccc1C(=O)CC(C)CC(C)(C)C. The van der Waals surface area contributed by atoms with Gasteiger partial charge in [0.15, 0.2) is 5.78 Å². The monoisotopic (exact) mass is 276 g/mol. The van der Waals surface area contributed by atoms with E-state index in [1.165, 1.54) is 0 Å². The van der Waals surface area contributed by atoms with Crippen molar-refractivity contribution in [3.05, 3.63) is 29.8 Å². The van der Waals surface area contributed by atoms with Gasteiger partial charge < -0.3 is 4.74 Å². The average Bonchev–Trinajstić information content (AvgIpc) is 2.34. The van der Waals surface area contributed by atoms with Gasteiger partial charge in [-0.2, -0.15) is 0 Å². The molecule has 0 aliphatic heterocycles. The first-order valence-corrected chi connectivity index (χ1v) is 7.58. The van der Waals surface area contributed by atoms with Gasteiger partial charge in [0.05, 0.1) is 12.2 Å². The highest BCUT2D eigenvalue weighted by Gasteiger charge is 2.20. The molecule has 2 nitrogen and oxygen atoms in total. The number of rotatable bonds is 7. The van der Waals surface area contributed by atoms with Crippen molar-refractivity contribution in [2.24, 2.45) is 11.3 Å². The van der Waals surface area contributed by atoms with Crippen LogP contribution in [0.1, 0.15) is 64.2 Å². The summed E-state index contributed by atoms with van der Waals surface area (Å²) in [6.45, 7) is 11.5. The van der Waals surface area contributed by atoms with Gasteiger partial charge in [-0.3, -0.25) is 4.79 Å². The van der Waals surface area contributed by atoms with Gasteiger partial charge in [-0.1, -0.05) is 46.8 Å². The van der Waals surface area contributed by atoms with Crippen molar-refractivity contribution < 1.29 is 9.53 Å². The zero-order valence-electron chi connectivity index (χ0n) is 13.5. The molecule has 0 spiro atoms. The van der Waals surface area contributed by atoms with Gasteiger partial charge in [-0.05, 0) is 36.3 Å². The molecule has 0 saturated heterocycles. The molecule has 0 aliphatic rings. The molecular weight excluding hydrogens is 248 g/mol. The van der Waals surface area contributed by atoms with Crippen LogP contribution < -0.4 is 4.74 Å². The Balaban J connectivity index is 2.72. The Labute approximate surface area is 123 Å². The second-order valence-electron chi connectivity index (χ2n) is 6.84. The fraction of sp³-hybridized carbons (Fsp3) is 0.611. The van der Waals surface area contributed by atoms with Crippen LogP contribution in [0.4, 0.5) is 0 Å². The topological polar surface area (TPSA) is 26.3 Å². The highest BCUT2D eigenvalue weighted by Crippen LogP contribution is 2.28. The van der Waals surface area contributed by atoms with Crippen molar-refractivity contribution in [1.82, 2.24) is 0 Å². The fourth-order valence-corrected chi connectivity index (χ4v) is 2.58. The van der Waals surface area contributed by atoms with Crippen molar-refractivity contribution in [1.29, 1.82) is 0 Å². The predicted molar refractivity (Wildman–Crippen MR) is 84.4 cm³/mol. The van der Waals surface area contributed by atoms with Gasteiger partial charge in [0.25, 0.3) is 0 Å². The largest absolute Gasteiger partial charge is 0.493 e. The molecule has 0 heterocycles. The summed E-state index contributed by atoms with van der Waals surface area (Å²) in [7, 11) is 0. The van der Waals surface area contributed by atoms with Crippen LogP contribution in [-0.2, 0) is 0 Å². The van der Waals surface area contributed by atoms with Crippen molar-refractivity contribution in [3.8, 4) is 5.75 Å². The molecule has 1 rings (SSSR count). The maximum Gasteiger partial charge on any atom is 0.166 e. The van der Waals surface area contributed by atoms with Gasteiger partial charge in [0.2, 0.25) is 0 Å². The molecule has 0 radical (unpaired) electrons. The summed E-state index contributed by atoms with van der Waals surface area (Å²) >= 11 is 0. The Morgan fingerprint density at radius 3 is 2.50 bits per heavy atom. The molecule has 1 unspecified atom stereocenters. The lowest BCUT2D eigenvalue weighted by molar-refractivity contribution is 0.0950. The molecule has 0 aromatic heterocycles. The lowest BCUT2D eigenvalue weighted by atomic mass is 9.83. The van der Waals surface area contributed by atoms with Crippen LogP contribution in [0.3, 0.4) is 0 Å². The summed E-state index contributed by atoms with van der Waals surface area (Å²) in [5, 5.41) is 0. The van der Waals surface area contributed by atoms with Crippen LogP contribution in [0.2, 0.25) is 0 Å². The number of benzene rings is 1. The number of hydrogen-bond donors (Lipinski definition) is 0. The Bertz CT molecular complexity index is 429. The fourth-order valence-electron chi connectivity index (χ4n) is 2.58. The maximum atomic E-state index is 12.4. The van der Waals surface area contributed by atoms with Crippen LogP contribution in [-0.4, -0.2) is 12.4 Å². The Morgan fingerprint density at radius 1 is 1.25 bits per heavy atom. The highest BCUT2D eigenvalue weighted by atomic mass is 16.5. The van der Waals surface area contributed by atoms with Gasteiger partial charge in [-0.25, -0.2) is 0 Å². The van der Waals surface area contributed by atoms with Gasteiger partial charge >= 0.3 is 0 Å². The minimum Gasteiger partial charge on any atom is -0.493 e. The average molecular weight is 276 g/mol. The van der Waals surface area contributed by atoms with Crippen LogP contribution in [0, 0.1) is 11.3 Å². The van der Waals surface area contributed by atoms with Crippen LogP contribution >= 0.6 is 0 Å². The summed E-state index contributed by atoms with van der Waals surface area (Å²) in [4.78, 5) is 12.4. The van der Waals surface area contributed by atoms with Crippen LogP contribution in [0.5, 0.6) is 5.75 Å². The minimum atomic E-state index is 0.188. The van der Waals surface area contributed by atoms with Gasteiger partial charge in [0.1, 0.15) is 5.75 Å². The van der Waals surface area contributed by atoms with Crippen LogP contribution in [0.15, 0.2) is 24.3 Å². The summed E-state index contributed by atoms with van der Waals surface area (Å²) in [6.07, 6.45) is 2.59. The molecule has 0 aliphatic carbocycles.